The van der Waals surface area contributed by atoms with Crippen molar-refractivity contribution in [2.45, 2.75) is 20.3 Å². The number of aryl methyl sites for hydroxylation is 1. The first-order valence-electron chi connectivity index (χ1n) is 9.75. The van der Waals surface area contributed by atoms with E-state index in [1.54, 1.807) is 33.2 Å². The number of anilines is 1. The summed E-state index contributed by atoms with van der Waals surface area (Å²) in [5, 5.41) is 0.604. The van der Waals surface area contributed by atoms with Crippen LogP contribution >= 0.6 is 0 Å². The van der Waals surface area contributed by atoms with Gasteiger partial charge in [-0.3, -0.25) is 4.72 Å². The van der Waals surface area contributed by atoms with Gasteiger partial charge in [-0.05, 0) is 43.2 Å². The van der Waals surface area contributed by atoms with Crippen LogP contribution in [0.4, 0.5) is 14.9 Å². The third-order valence-electron chi connectivity index (χ3n) is 4.92. The fourth-order valence-corrected chi connectivity index (χ4v) is 3.70. The van der Waals surface area contributed by atoms with E-state index in [-0.39, 0.29) is 40.3 Å². The van der Waals surface area contributed by atoms with Gasteiger partial charge in [0.15, 0.2) is 5.82 Å². The number of benzene rings is 2. The van der Waals surface area contributed by atoms with Gasteiger partial charge in [0.2, 0.25) is 10.0 Å². The van der Waals surface area contributed by atoms with Crippen molar-refractivity contribution in [1.82, 2.24) is 4.90 Å². The van der Waals surface area contributed by atoms with Gasteiger partial charge in [-0.1, -0.05) is 12.1 Å². The molecular formula is C22H23FN2O6S. The standard InChI is InChI=1S/C22H23FN2O6S/c1-5-32(28,29)24-18-8-6-7-14(20(18)23)11-17-13(2)16-10-9-15(30-22(27)25(3)4)12-19(16)31-21(17)26/h6-10,12,24H,5,11H2,1-4H3. The lowest BCUT2D eigenvalue weighted by molar-refractivity contribution is 0.172. The number of carbonyl (C=O) groups excluding carboxylic acids is 1. The molecule has 0 aliphatic rings. The van der Waals surface area contributed by atoms with Crippen molar-refractivity contribution in [3.8, 4) is 5.75 Å². The fourth-order valence-electron chi connectivity index (χ4n) is 3.06. The number of nitrogens with one attached hydrogen (secondary N) is 1. The SMILES string of the molecule is CCS(=O)(=O)Nc1cccc(Cc2c(C)c3ccc(OC(=O)N(C)C)cc3oc2=O)c1F. The van der Waals surface area contributed by atoms with Gasteiger partial charge in [0.25, 0.3) is 0 Å². The zero-order chi connectivity index (χ0) is 23.6. The molecule has 0 saturated heterocycles. The van der Waals surface area contributed by atoms with Crippen molar-refractivity contribution in [2.75, 3.05) is 24.6 Å². The summed E-state index contributed by atoms with van der Waals surface area (Å²) in [4.78, 5) is 25.7. The average molecular weight is 462 g/mol. The summed E-state index contributed by atoms with van der Waals surface area (Å²) in [5.41, 5.74) is 0.355. The Morgan fingerprint density at radius 2 is 1.94 bits per heavy atom. The Hall–Kier alpha value is -3.40. The van der Waals surface area contributed by atoms with Crippen molar-refractivity contribution in [3.63, 3.8) is 0 Å². The van der Waals surface area contributed by atoms with E-state index in [2.05, 4.69) is 4.72 Å². The summed E-state index contributed by atoms with van der Waals surface area (Å²) in [6.07, 6.45) is -0.663. The summed E-state index contributed by atoms with van der Waals surface area (Å²) >= 11 is 0. The molecule has 2 aromatic carbocycles. The molecule has 0 spiro atoms. The molecule has 0 aliphatic carbocycles. The molecule has 170 valence electrons. The predicted molar refractivity (Wildman–Crippen MR) is 119 cm³/mol. The van der Waals surface area contributed by atoms with E-state index < -0.39 is 27.6 Å². The minimum Gasteiger partial charge on any atom is -0.422 e. The normalized spacial score (nSPS) is 11.4. The first-order valence-corrected chi connectivity index (χ1v) is 11.4. The van der Waals surface area contributed by atoms with E-state index in [1.165, 1.54) is 36.1 Å². The van der Waals surface area contributed by atoms with Crippen LogP contribution in [0.5, 0.6) is 5.75 Å². The van der Waals surface area contributed by atoms with E-state index in [0.717, 1.165) is 0 Å². The second-order valence-electron chi connectivity index (χ2n) is 7.37. The number of rotatable bonds is 6. The van der Waals surface area contributed by atoms with Gasteiger partial charge in [-0.2, -0.15) is 0 Å². The first-order chi connectivity index (χ1) is 15.0. The quantitative estimate of drug-likeness (QED) is 0.561. The molecule has 0 radical (unpaired) electrons. The highest BCUT2D eigenvalue weighted by atomic mass is 32.2. The topological polar surface area (TPSA) is 106 Å². The number of hydrogen-bond acceptors (Lipinski definition) is 6. The highest BCUT2D eigenvalue weighted by Gasteiger charge is 2.18. The molecule has 1 N–H and O–H groups in total. The van der Waals surface area contributed by atoms with Crippen LogP contribution in [0.1, 0.15) is 23.6 Å². The van der Waals surface area contributed by atoms with Crippen LogP contribution in [0.3, 0.4) is 0 Å². The van der Waals surface area contributed by atoms with Gasteiger partial charge in [-0.25, -0.2) is 22.4 Å². The van der Waals surface area contributed by atoms with E-state index in [9.17, 15) is 22.4 Å². The Balaban J connectivity index is 1.98. The smallest absolute Gasteiger partial charge is 0.414 e. The Kier molecular flexibility index (Phi) is 6.54. The van der Waals surface area contributed by atoms with Gasteiger partial charge >= 0.3 is 11.7 Å². The maximum atomic E-state index is 14.9. The molecule has 0 aliphatic heterocycles. The lowest BCUT2D eigenvalue weighted by Gasteiger charge is -2.13. The van der Waals surface area contributed by atoms with Crippen LogP contribution in [0, 0.1) is 12.7 Å². The number of halogens is 1. The first kappa shape index (κ1) is 23.3. The summed E-state index contributed by atoms with van der Waals surface area (Å²) in [6.45, 7) is 3.16. The van der Waals surface area contributed by atoms with Gasteiger partial charge in [0, 0.05) is 37.5 Å². The van der Waals surface area contributed by atoms with Crippen LogP contribution in [0.25, 0.3) is 11.0 Å². The van der Waals surface area contributed by atoms with Gasteiger partial charge in [0.1, 0.15) is 11.3 Å². The summed E-state index contributed by atoms with van der Waals surface area (Å²) < 4.78 is 51.3. The molecule has 0 bridgehead atoms. The fraction of sp³-hybridized carbons (Fsp3) is 0.273. The van der Waals surface area contributed by atoms with Crippen LogP contribution in [0.2, 0.25) is 0 Å². The van der Waals surface area contributed by atoms with Crippen LogP contribution in [-0.4, -0.2) is 39.3 Å². The molecule has 0 fully saturated rings. The largest absolute Gasteiger partial charge is 0.422 e. The molecule has 32 heavy (non-hydrogen) atoms. The molecular weight excluding hydrogens is 439 g/mol. The molecule has 0 saturated carbocycles. The second kappa shape index (κ2) is 8.99. The second-order valence-corrected chi connectivity index (χ2v) is 9.39. The molecule has 0 unspecified atom stereocenters. The summed E-state index contributed by atoms with van der Waals surface area (Å²) in [5.74, 6) is -0.738. The number of sulfonamides is 1. The Morgan fingerprint density at radius 1 is 1.22 bits per heavy atom. The third-order valence-corrected chi connectivity index (χ3v) is 6.21. The number of nitrogens with zero attached hydrogens (tertiary/aromatic N) is 1. The van der Waals surface area contributed by atoms with Crippen LogP contribution < -0.4 is 15.1 Å². The number of hydrogen-bond donors (Lipinski definition) is 1. The maximum Gasteiger partial charge on any atom is 0.414 e. The van der Waals surface area contributed by atoms with E-state index in [0.29, 0.717) is 10.9 Å². The van der Waals surface area contributed by atoms with Crippen molar-refractivity contribution in [2.24, 2.45) is 0 Å². The molecule has 3 rings (SSSR count). The van der Waals surface area contributed by atoms with Gasteiger partial charge in [0.05, 0.1) is 11.4 Å². The average Bonchev–Trinajstić information content (AvgIpc) is 2.73. The minimum atomic E-state index is -3.66. The van der Waals surface area contributed by atoms with E-state index in [1.807, 2.05) is 0 Å². The Morgan fingerprint density at radius 3 is 2.59 bits per heavy atom. The van der Waals surface area contributed by atoms with Gasteiger partial charge < -0.3 is 14.1 Å². The van der Waals surface area contributed by atoms with Crippen LogP contribution in [-0.2, 0) is 16.4 Å². The monoisotopic (exact) mass is 462 g/mol. The van der Waals surface area contributed by atoms with Crippen molar-refractivity contribution >= 4 is 32.8 Å². The van der Waals surface area contributed by atoms with Gasteiger partial charge in [-0.15, -0.1) is 0 Å². The van der Waals surface area contributed by atoms with E-state index in [4.69, 9.17) is 9.15 Å². The number of fused-ring (bicyclic) bond motifs is 1. The third kappa shape index (κ3) is 4.91. The summed E-state index contributed by atoms with van der Waals surface area (Å²) in [6, 6.07) is 8.97. The van der Waals surface area contributed by atoms with Crippen molar-refractivity contribution in [1.29, 1.82) is 0 Å². The highest BCUT2D eigenvalue weighted by Crippen LogP contribution is 2.27. The molecule has 1 aromatic heterocycles. The molecule has 10 heteroatoms. The number of ether oxygens (including phenoxy) is 1. The lowest BCUT2D eigenvalue weighted by atomic mass is 9.99. The Labute approximate surface area is 184 Å². The Bertz CT molecular complexity index is 1350. The zero-order valence-corrected chi connectivity index (χ0v) is 18.9. The zero-order valence-electron chi connectivity index (χ0n) is 18.1. The summed E-state index contributed by atoms with van der Waals surface area (Å²) in [7, 11) is -0.571. The predicted octanol–water partition coefficient (Wildman–Crippen LogP) is 3.65. The number of carbonyl (C=O) groups is 1. The molecule has 0 atom stereocenters. The van der Waals surface area contributed by atoms with Crippen LogP contribution in [0.15, 0.2) is 45.6 Å². The highest BCUT2D eigenvalue weighted by molar-refractivity contribution is 7.92. The molecule has 8 nitrogen and oxygen atoms in total. The number of amides is 1. The van der Waals surface area contributed by atoms with Crippen molar-refractivity contribution < 1.29 is 26.8 Å². The molecule has 3 aromatic rings. The van der Waals surface area contributed by atoms with Crippen molar-refractivity contribution in [3.05, 3.63) is 69.3 Å². The van der Waals surface area contributed by atoms with E-state index >= 15 is 0 Å². The lowest BCUT2D eigenvalue weighted by Crippen LogP contribution is -2.25. The maximum absolute atomic E-state index is 14.9. The minimum absolute atomic E-state index is 0.0883. The molecule has 1 amide bonds. The molecule has 1 heterocycles.